The summed E-state index contributed by atoms with van der Waals surface area (Å²) in [5, 5.41) is 0. The molecule has 4 aromatic rings. The molecule has 0 N–H and O–H groups in total. The summed E-state index contributed by atoms with van der Waals surface area (Å²) in [7, 11) is 0. The van der Waals surface area contributed by atoms with Crippen molar-refractivity contribution in [1.29, 1.82) is 0 Å². The normalized spacial score (nSPS) is 16.4. The zero-order valence-corrected chi connectivity index (χ0v) is 18.1. The Labute approximate surface area is 183 Å². The fourth-order valence-electron chi connectivity index (χ4n) is 4.63. The van der Waals surface area contributed by atoms with Crippen LogP contribution in [-0.2, 0) is 17.8 Å². The maximum absolute atomic E-state index is 13.0. The molecule has 1 amide bonds. The van der Waals surface area contributed by atoms with Crippen molar-refractivity contribution >= 4 is 22.6 Å². The van der Waals surface area contributed by atoms with Crippen molar-refractivity contribution < 1.29 is 4.79 Å². The van der Waals surface area contributed by atoms with E-state index in [-0.39, 0.29) is 11.8 Å². The number of hydrogen-bond donors (Lipinski definition) is 0. The summed E-state index contributed by atoms with van der Waals surface area (Å²) in [6, 6.07) is 25.2. The summed E-state index contributed by atoms with van der Waals surface area (Å²) >= 11 is 0. The van der Waals surface area contributed by atoms with E-state index in [9.17, 15) is 4.79 Å². The summed E-state index contributed by atoms with van der Waals surface area (Å²) in [4.78, 5) is 20.0. The molecule has 1 saturated heterocycles. The predicted molar refractivity (Wildman–Crippen MR) is 126 cm³/mol. The second kappa shape index (κ2) is 8.03. The Bertz CT molecular complexity index is 1240. The highest BCUT2D eigenvalue weighted by Gasteiger charge is 2.35. The third-order valence-electron chi connectivity index (χ3n) is 6.30. The Balaban J connectivity index is 1.53. The molecule has 0 saturated carbocycles. The molecule has 1 aliphatic heterocycles. The Morgan fingerprint density at radius 1 is 0.968 bits per heavy atom. The minimum absolute atomic E-state index is 0.0789. The molecule has 3 aromatic carbocycles. The van der Waals surface area contributed by atoms with Crippen molar-refractivity contribution in [2.24, 2.45) is 0 Å². The highest BCUT2D eigenvalue weighted by molar-refractivity contribution is 5.97. The molecule has 1 atom stereocenters. The van der Waals surface area contributed by atoms with Crippen LogP contribution < -0.4 is 4.90 Å². The van der Waals surface area contributed by atoms with Gasteiger partial charge in [-0.1, -0.05) is 67.1 Å². The largest absolute Gasteiger partial charge is 0.323 e. The van der Waals surface area contributed by atoms with Crippen LogP contribution >= 0.6 is 0 Å². The lowest BCUT2D eigenvalue weighted by Gasteiger charge is -2.20. The molecular weight excluding hydrogens is 382 g/mol. The number of imidazole rings is 1. The van der Waals surface area contributed by atoms with Gasteiger partial charge in [-0.15, -0.1) is 0 Å². The van der Waals surface area contributed by atoms with Crippen molar-refractivity contribution in [2.45, 2.75) is 39.2 Å². The maximum Gasteiger partial charge on any atom is 0.227 e. The SMILES string of the molecule is CCc1ccccc1N1CC(c2nc3ccccc3n2Cc2ccc(C)cc2)CC1=O. The lowest BCUT2D eigenvalue weighted by molar-refractivity contribution is -0.117. The molecule has 1 unspecified atom stereocenters. The number of fused-ring (bicyclic) bond motifs is 1. The van der Waals surface area contributed by atoms with Crippen LogP contribution in [0.25, 0.3) is 11.0 Å². The van der Waals surface area contributed by atoms with Crippen molar-refractivity contribution in [3.05, 3.63) is 95.3 Å². The Morgan fingerprint density at radius 2 is 1.71 bits per heavy atom. The van der Waals surface area contributed by atoms with Gasteiger partial charge in [-0.2, -0.15) is 0 Å². The van der Waals surface area contributed by atoms with Crippen molar-refractivity contribution in [3.63, 3.8) is 0 Å². The van der Waals surface area contributed by atoms with Gasteiger partial charge in [0, 0.05) is 31.1 Å². The van der Waals surface area contributed by atoms with Gasteiger partial charge in [0.2, 0.25) is 5.91 Å². The number of anilines is 1. The van der Waals surface area contributed by atoms with Gasteiger partial charge >= 0.3 is 0 Å². The molecule has 156 valence electrons. The standard InChI is InChI=1S/C27H27N3O/c1-3-21-8-4-6-10-24(21)29-18-22(16-26(29)31)27-28-23-9-5-7-11-25(23)30(27)17-20-14-12-19(2)13-15-20/h4-15,22H,3,16-18H2,1-2H3. The van der Waals surface area contributed by atoms with Gasteiger partial charge in [0.1, 0.15) is 5.82 Å². The first-order valence-electron chi connectivity index (χ1n) is 11.0. The summed E-state index contributed by atoms with van der Waals surface area (Å²) < 4.78 is 2.30. The van der Waals surface area contributed by atoms with Gasteiger partial charge < -0.3 is 9.47 Å². The van der Waals surface area contributed by atoms with E-state index in [0.29, 0.717) is 13.0 Å². The fourth-order valence-corrected chi connectivity index (χ4v) is 4.63. The molecular formula is C27H27N3O. The first-order chi connectivity index (χ1) is 15.1. The molecule has 1 aromatic heterocycles. The summed E-state index contributed by atoms with van der Waals surface area (Å²) in [5.74, 6) is 1.27. The predicted octanol–water partition coefficient (Wildman–Crippen LogP) is 5.48. The molecule has 0 spiro atoms. The Hall–Kier alpha value is -3.40. The average molecular weight is 410 g/mol. The number of hydrogen-bond acceptors (Lipinski definition) is 2. The van der Waals surface area contributed by atoms with Crippen LogP contribution in [0.15, 0.2) is 72.8 Å². The molecule has 4 nitrogen and oxygen atoms in total. The number of nitrogens with zero attached hydrogens (tertiary/aromatic N) is 3. The van der Waals surface area contributed by atoms with Crippen LogP contribution in [0, 0.1) is 6.92 Å². The number of aromatic nitrogens is 2. The second-order valence-corrected chi connectivity index (χ2v) is 8.42. The number of carbonyl (C=O) groups is 1. The first kappa shape index (κ1) is 19.6. The van der Waals surface area contributed by atoms with Crippen LogP contribution in [0.2, 0.25) is 0 Å². The number of benzene rings is 3. The van der Waals surface area contributed by atoms with Crippen molar-refractivity contribution in [3.8, 4) is 0 Å². The lowest BCUT2D eigenvalue weighted by Crippen LogP contribution is -2.25. The molecule has 0 aliphatic carbocycles. The highest BCUT2D eigenvalue weighted by Crippen LogP contribution is 2.35. The number of rotatable bonds is 5. The molecule has 1 aliphatic rings. The van der Waals surface area contributed by atoms with E-state index in [1.54, 1.807) is 0 Å². The lowest BCUT2D eigenvalue weighted by atomic mass is 10.1. The van der Waals surface area contributed by atoms with E-state index in [4.69, 9.17) is 4.98 Å². The average Bonchev–Trinajstić information content (AvgIpc) is 3.36. The minimum Gasteiger partial charge on any atom is -0.323 e. The quantitative estimate of drug-likeness (QED) is 0.438. The van der Waals surface area contributed by atoms with Gasteiger partial charge in [0.15, 0.2) is 0 Å². The van der Waals surface area contributed by atoms with Crippen LogP contribution in [0.3, 0.4) is 0 Å². The maximum atomic E-state index is 13.0. The summed E-state index contributed by atoms with van der Waals surface area (Å²) in [6.07, 6.45) is 1.41. The first-order valence-corrected chi connectivity index (χ1v) is 11.0. The van der Waals surface area contributed by atoms with Gasteiger partial charge in [-0.25, -0.2) is 4.98 Å². The molecule has 1 fully saturated rings. The molecule has 0 bridgehead atoms. The Kier molecular flexibility index (Phi) is 5.06. The van der Waals surface area contributed by atoms with Crippen LogP contribution in [0.5, 0.6) is 0 Å². The van der Waals surface area contributed by atoms with E-state index >= 15 is 0 Å². The van der Waals surface area contributed by atoms with Crippen LogP contribution in [-0.4, -0.2) is 22.0 Å². The van der Waals surface area contributed by atoms with Crippen LogP contribution in [0.4, 0.5) is 5.69 Å². The monoisotopic (exact) mass is 409 g/mol. The number of aryl methyl sites for hydroxylation is 2. The molecule has 4 heteroatoms. The van der Waals surface area contributed by atoms with E-state index in [2.05, 4.69) is 73.0 Å². The summed E-state index contributed by atoms with van der Waals surface area (Å²) in [6.45, 7) is 5.67. The van der Waals surface area contributed by atoms with E-state index in [0.717, 1.165) is 35.5 Å². The Morgan fingerprint density at radius 3 is 2.52 bits per heavy atom. The van der Waals surface area contributed by atoms with Crippen molar-refractivity contribution in [1.82, 2.24) is 9.55 Å². The summed E-state index contributed by atoms with van der Waals surface area (Å²) in [5.41, 5.74) is 6.87. The van der Waals surface area contributed by atoms with Gasteiger partial charge in [0.05, 0.1) is 11.0 Å². The van der Waals surface area contributed by atoms with E-state index in [1.807, 2.05) is 23.1 Å². The van der Waals surface area contributed by atoms with Crippen LogP contribution in [0.1, 0.15) is 41.8 Å². The molecule has 31 heavy (non-hydrogen) atoms. The highest BCUT2D eigenvalue weighted by atomic mass is 16.2. The third kappa shape index (κ3) is 3.63. The number of carbonyl (C=O) groups excluding carboxylic acids is 1. The zero-order valence-electron chi connectivity index (χ0n) is 18.1. The smallest absolute Gasteiger partial charge is 0.227 e. The van der Waals surface area contributed by atoms with E-state index < -0.39 is 0 Å². The van der Waals surface area contributed by atoms with Crippen molar-refractivity contribution in [2.75, 3.05) is 11.4 Å². The second-order valence-electron chi connectivity index (χ2n) is 8.42. The van der Waals surface area contributed by atoms with Gasteiger partial charge in [-0.05, 0) is 42.7 Å². The molecule has 0 radical (unpaired) electrons. The van der Waals surface area contributed by atoms with Gasteiger partial charge in [-0.3, -0.25) is 4.79 Å². The third-order valence-corrected chi connectivity index (χ3v) is 6.30. The fraction of sp³-hybridized carbons (Fsp3) is 0.259. The van der Waals surface area contributed by atoms with E-state index in [1.165, 1.54) is 16.7 Å². The number of amides is 1. The zero-order chi connectivity index (χ0) is 21.4. The molecule has 5 rings (SSSR count). The number of para-hydroxylation sites is 3. The molecule has 2 heterocycles. The minimum atomic E-state index is 0.0789. The topological polar surface area (TPSA) is 38.1 Å². The van der Waals surface area contributed by atoms with Gasteiger partial charge in [0.25, 0.3) is 0 Å².